The maximum Gasteiger partial charge on any atom is 0.241 e. The van der Waals surface area contributed by atoms with Gasteiger partial charge in [-0.1, -0.05) is 24.3 Å². The molecule has 256 valence electrons. The summed E-state index contributed by atoms with van der Waals surface area (Å²) in [5.74, 6) is 0.873. The Morgan fingerprint density at radius 1 is 0.857 bits per heavy atom. The molecule has 1 unspecified atom stereocenters. The third kappa shape index (κ3) is 6.60. The summed E-state index contributed by atoms with van der Waals surface area (Å²) in [5.41, 5.74) is 8.46. The Bertz CT molecular complexity index is 1820. The molecule has 0 aliphatic carbocycles. The predicted octanol–water partition coefficient (Wildman–Crippen LogP) is 5.12. The first-order valence-corrected chi connectivity index (χ1v) is 17.0. The van der Waals surface area contributed by atoms with Crippen molar-refractivity contribution in [2.75, 3.05) is 93.8 Å². The number of rotatable bonds is 8. The number of carbonyl (C=O) groups excluding carboxylic acids is 1. The zero-order chi connectivity index (χ0) is 34.1. The smallest absolute Gasteiger partial charge is 0.241 e. The highest BCUT2D eigenvalue weighted by Gasteiger charge is 2.39. The Hall–Kier alpha value is -4.87. The van der Waals surface area contributed by atoms with E-state index in [1.165, 1.54) is 0 Å². The van der Waals surface area contributed by atoms with Crippen LogP contribution in [0.15, 0.2) is 60.8 Å². The third-order valence-electron chi connectivity index (χ3n) is 9.88. The number of aryl methyl sites for hydroxylation is 2. The monoisotopic (exact) mass is 663 g/mol. The number of ether oxygens (including phenoxy) is 3. The molecular weight excluding hydrogens is 618 g/mol. The van der Waals surface area contributed by atoms with Crippen molar-refractivity contribution < 1.29 is 19.0 Å². The first-order valence-electron chi connectivity index (χ1n) is 17.0. The summed E-state index contributed by atoms with van der Waals surface area (Å²) in [4.78, 5) is 33.6. The number of nitrogens with one attached hydrogen (secondary N) is 1. The van der Waals surface area contributed by atoms with Gasteiger partial charge in [0.1, 0.15) is 17.4 Å². The van der Waals surface area contributed by atoms with Gasteiger partial charge in [-0.2, -0.15) is 0 Å². The van der Waals surface area contributed by atoms with Gasteiger partial charge in [-0.25, -0.2) is 9.97 Å². The van der Waals surface area contributed by atoms with E-state index in [1.54, 1.807) is 14.2 Å². The number of aromatic nitrogens is 2. The van der Waals surface area contributed by atoms with Crippen molar-refractivity contribution in [2.24, 2.45) is 0 Å². The molecule has 7 rings (SSSR count). The van der Waals surface area contributed by atoms with Gasteiger partial charge in [0.25, 0.3) is 0 Å². The second-order valence-corrected chi connectivity index (χ2v) is 13.1. The molecule has 0 radical (unpaired) electrons. The fraction of sp³-hybridized carbons (Fsp3) is 0.395. The van der Waals surface area contributed by atoms with Crippen LogP contribution in [0.1, 0.15) is 33.9 Å². The van der Waals surface area contributed by atoms with Crippen LogP contribution in [0.3, 0.4) is 0 Å². The van der Waals surface area contributed by atoms with E-state index in [2.05, 4.69) is 45.3 Å². The molecule has 1 amide bonds. The topological polar surface area (TPSA) is 95.5 Å². The number of carbonyl (C=O) groups is 1. The van der Waals surface area contributed by atoms with Gasteiger partial charge in [0, 0.05) is 85.4 Å². The second kappa shape index (κ2) is 13.9. The molecule has 3 aliphatic heterocycles. The Kier molecular flexibility index (Phi) is 9.29. The summed E-state index contributed by atoms with van der Waals surface area (Å²) in [5, 5.41) is 3.52. The van der Waals surface area contributed by atoms with Crippen molar-refractivity contribution in [3.05, 3.63) is 88.7 Å². The Morgan fingerprint density at radius 3 is 2.22 bits per heavy atom. The number of benzene rings is 3. The lowest BCUT2D eigenvalue weighted by Crippen LogP contribution is -2.44. The number of anilines is 5. The molecule has 3 aromatic carbocycles. The highest BCUT2D eigenvalue weighted by molar-refractivity contribution is 6.03. The fourth-order valence-corrected chi connectivity index (χ4v) is 7.18. The van der Waals surface area contributed by atoms with E-state index in [4.69, 9.17) is 24.2 Å². The molecule has 1 atom stereocenters. The van der Waals surface area contributed by atoms with Gasteiger partial charge in [-0.05, 0) is 56.3 Å². The number of hydrogen-bond donors (Lipinski definition) is 1. The van der Waals surface area contributed by atoms with Crippen molar-refractivity contribution in [3.8, 4) is 11.5 Å². The SMILES string of the molecule is COc1ccc(C2C(=O)N(c3c(C)cccc3C)Cc3cnc(Nc4cc(N5CCOCC5)cc(N5CCN(C)CC5)c4)nc32)c(OC)c1. The molecule has 11 nitrogen and oxygen atoms in total. The van der Waals surface area contributed by atoms with Gasteiger partial charge in [-0.3, -0.25) is 4.79 Å². The van der Waals surface area contributed by atoms with Gasteiger partial charge in [0.05, 0.1) is 39.7 Å². The van der Waals surface area contributed by atoms with Crippen molar-refractivity contribution in [1.82, 2.24) is 14.9 Å². The fourth-order valence-electron chi connectivity index (χ4n) is 7.18. The molecule has 1 aromatic heterocycles. The van der Waals surface area contributed by atoms with E-state index >= 15 is 0 Å². The van der Waals surface area contributed by atoms with E-state index in [-0.39, 0.29) is 5.91 Å². The maximum atomic E-state index is 14.7. The van der Waals surface area contributed by atoms with Crippen molar-refractivity contribution >= 4 is 34.6 Å². The molecule has 49 heavy (non-hydrogen) atoms. The molecule has 4 heterocycles. The van der Waals surface area contributed by atoms with Crippen LogP contribution >= 0.6 is 0 Å². The lowest BCUT2D eigenvalue weighted by molar-refractivity contribution is -0.119. The van der Waals surface area contributed by atoms with Crippen LogP contribution in [-0.2, 0) is 16.1 Å². The predicted molar refractivity (Wildman–Crippen MR) is 193 cm³/mol. The quantitative estimate of drug-likeness (QED) is 0.274. The summed E-state index contributed by atoms with van der Waals surface area (Å²) >= 11 is 0. The summed E-state index contributed by atoms with van der Waals surface area (Å²) in [6.07, 6.45) is 1.86. The van der Waals surface area contributed by atoms with E-state index in [1.807, 2.05) is 61.3 Å². The average Bonchev–Trinajstić information content (AvgIpc) is 3.12. The third-order valence-corrected chi connectivity index (χ3v) is 9.88. The van der Waals surface area contributed by atoms with Gasteiger partial charge in [-0.15, -0.1) is 0 Å². The zero-order valence-electron chi connectivity index (χ0n) is 29.0. The van der Waals surface area contributed by atoms with Crippen molar-refractivity contribution in [3.63, 3.8) is 0 Å². The number of nitrogens with zero attached hydrogens (tertiary/aromatic N) is 6. The van der Waals surface area contributed by atoms with E-state index in [9.17, 15) is 4.79 Å². The molecule has 4 aromatic rings. The minimum atomic E-state index is -0.715. The molecule has 0 saturated carbocycles. The number of amides is 1. The van der Waals surface area contributed by atoms with Crippen LogP contribution in [0, 0.1) is 13.8 Å². The number of morpholine rings is 1. The lowest BCUT2D eigenvalue weighted by atomic mass is 9.86. The number of fused-ring (bicyclic) bond motifs is 1. The normalized spacial score (nSPS) is 18.3. The molecule has 0 spiro atoms. The van der Waals surface area contributed by atoms with Crippen LogP contribution in [0.5, 0.6) is 11.5 Å². The minimum absolute atomic E-state index is 0.0651. The summed E-state index contributed by atoms with van der Waals surface area (Å²) in [7, 11) is 5.40. The highest BCUT2D eigenvalue weighted by Crippen LogP contribution is 2.42. The first kappa shape index (κ1) is 32.7. The van der Waals surface area contributed by atoms with E-state index in [0.717, 1.165) is 84.3 Å². The Labute approximate surface area is 288 Å². The highest BCUT2D eigenvalue weighted by atomic mass is 16.5. The Morgan fingerprint density at radius 2 is 1.55 bits per heavy atom. The second-order valence-electron chi connectivity index (χ2n) is 13.1. The molecule has 2 saturated heterocycles. The minimum Gasteiger partial charge on any atom is -0.497 e. The van der Waals surface area contributed by atoms with Gasteiger partial charge >= 0.3 is 0 Å². The van der Waals surface area contributed by atoms with Crippen LogP contribution in [0.4, 0.5) is 28.7 Å². The number of likely N-dealkylation sites (N-methyl/N-ethyl adjacent to an activating group) is 1. The number of methoxy groups -OCH3 is 2. The van der Waals surface area contributed by atoms with Crippen molar-refractivity contribution in [2.45, 2.75) is 26.3 Å². The zero-order valence-corrected chi connectivity index (χ0v) is 29.0. The molecule has 11 heteroatoms. The van der Waals surface area contributed by atoms with Crippen LogP contribution in [-0.4, -0.2) is 94.5 Å². The molecule has 2 fully saturated rings. The Balaban J connectivity index is 1.29. The van der Waals surface area contributed by atoms with E-state index < -0.39 is 5.92 Å². The largest absolute Gasteiger partial charge is 0.497 e. The summed E-state index contributed by atoms with van der Waals surface area (Å²) in [6.45, 7) is 11.5. The van der Waals surface area contributed by atoms with Crippen molar-refractivity contribution in [1.29, 1.82) is 0 Å². The van der Waals surface area contributed by atoms with Crippen LogP contribution < -0.4 is 29.5 Å². The standard InChI is InChI=1S/C38H45N7O4/c1-25-7-6-8-26(2)36(25)45-24-27-23-39-38(41-35(27)34(37(45)46)32-10-9-31(47-4)22-33(32)48-5)40-28-19-29(43-13-11-42(3)12-14-43)21-30(20-28)44-15-17-49-18-16-44/h6-10,19-23,34H,11-18,24H2,1-5H3,(H,39,40,41). The molecular formula is C38H45N7O4. The van der Waals surface area contributed by atoms with Gasteiger partial charge < -0.3 is 39.1 Å². The number of piperazine rings is 1. The first-order chi connectivity index (χ1) is 23.8. The van der Waals surface area contributed by atoms with Gasteiger partial charge in [0.2, 0.25) is 11.9 Å². The molecule has 0 bridgehead atoms. The molecule has 3 aliphatic rings. The van der Waals surface area contributed by atoms with Gasteiger partial charge in [0.15, 0.2) is 0 Å². The summed E-state index contributed by atoms with van der Waals surface area (Å²) in [6, 6.07) is 18.3. The number of para-hydroxylation sites is 1. The lowest BCUT2D eigenvalue weighted by Gasteiger charge is -2.36. The average molecular weight is 664 g/mol. The number of hydrogen-bond acceptors (Lipinski definition) is 10. The molecule has 1 N–H and O–H groups in total. The van der Waals surface area contributed by atoms with Crippen LogP contribution in [0.25, 0.3) is 0 Å². The van der Waals surface area contributed by atoms with E-state index in [0.29, 0.717) is 42.9 Å². The maximum absolute atomic E-state index is 14.7. The van der Waals surface area contributed by atoms with Crippen LogP contribution in [0.2, 0.25) is 0 Å². The summed E-state index contributed by atoms with van der Waals surface area (Å²) < 4.78 is 17.0.